The second-order valence-electron chi connectivity index (χ2n) is 7.54. The second-order valence-corrected chi connectivity index (χ2v) is 7.54. The number of hydrogen-bond donors (Lipinski definition) is 3. The number of aromatic nitrogens is 2. The fourth-order valence-corrected chi connectivity index (χ4v) is 3.22. The molecule has 0 aliphatic carbocycles. The van der Waals surface area contributed by atoms with Crippen molar-refractivity contribution in [2.24, 2.45) is 5.73 Å². The van der Waals surface area contributed by atoms with Crippen LogP contribution in [0.2, 0.25) is 0 Å². The molecule has 0 atom stereocenters. The van der Waals surface area contributed by atoms with Gasteiger partial charge in [0.15, 0.2) is 0 Å². The van der Waals surface area contributed by atoms with E-state index in [1.165, 1.54) is 30.5 Å². The minimum absolute atomic E-state index is 0.162. The van der Waals surface area contributed by atoms with E-state index in [0.717, 1.165) is 6.07 Å². The molecule has 4 rings (SSSR count). The Morgan fingerprint density at radius 1 is 0.914 bits per heavy atom. The van der Waals surface area contributed by atoms with E-state index in [9.17, 15) is 18.0 Å². The number of primary amides is 1. The molecule has 7 nitrogen and oxygen atoms in total. The Balaban J connectivity index is 1.57. The molecule has 10 heteroatoms. The first-order chi connectivity index (χ1) is 16.7. The number of carbonyl (C=O) groups excluding carboxylic acids is 1. The zero-order chi connectivity index (χ0) is 25.0. The Morgan fingerprint density at radius 2 is 1.69 bits per heavy atom. The lowest BCUT2D eigenvalue weighted by molar-refractivity contribution is -0.138. The van der Waals surface area contributed by atoms with Gasteiger partial charge in [0.25, 0.3) is 0 Å². The number of benzene rings is 3. The summed E-state index contributed by atoms with van der Waals surface area (Å²) >= 11 is 0. The summed E-state index contributed by atoms with van der Waals surface area (Å²) in [6.07, 6.45) is -3.20. The molecule has 1 heterocycles. The number of ether oxygens (including phenoxy) is 1. The molecule has 0 bridgehead atoms. The summed E-state index contributed by atoms with van der Waals surface area (Å²) in [5.41, 5.74) is 6.07. The summed E-state index contributed by atoms with van der Waals surface area (Å²) in [6, 6.07) is 18.5. The average Bonchev–Trinajstić information content (AvgIpc) is 2.81. The van der Waals surface area contributed by atoms with E-state index in [-0.39, 0.29) is 23.2 Å². The third kappa shape index (κ3) is 5.85. The maximum Gasteiger partial charge on any atom is 0.420 e. The van der Waals surface area contributed by atoms with E-state index in [0.29, 0.717) is 22.6 Å². The molecule has 1 amide bonds. The average molecular weight is 479 g/mol. The van der Waals surface area contributed by atoms with E-state index < -0.39 is 17.6 Å². The largest absolute Gasteiger partial charge is 0.456 e. The van der Waals surface area contributed by atoms with Gasteiger partial charge in [-0.15, -0.1) is 0 Å². The van der Waals surface area contributed by atoms with Crippen molar-refractivity contribution in [1.82, 2.24) is 9.97 Å². The fourth-order valence-electron chi connectivity index (χ4n) is 3.22. The van der Waals surface area contributed by atoms with E-state index in [1.807, 2.05) is 0 Å². The minimum atomic E-state index is -4.64. The van der Waals surface area contributed by atoms with Crippen LogP contribution in [0, 0.1) is 6.92 Å². The summed E-state index contributed by atoms with van der Waals surface area (Å²) in [6.45, 7) is 1.75. The van der Waals surface area contributed by atoms with Crippen molar-refractivity contribution in [3.63, 3.8) is 0 Å². The van der Waals surface area contributed by atoms with Crippen LogP contribution in [0.4, 0.5) is 36.3 Å². The number of rotatable bonds is 7. The molecule has 0 unspecified atom stereocenters. The van der Waals surface area contributed by atoms with Gasteiger partial charge >= 0.3 is 6.18 Å². The highest BCUT2D eigenvalue weighted by Gasteiger charge is 2.35. The predicted octanol–water partition coefficient (Wildman–Crippen LogP) is 6.18. The van der Waals surface area contributed by atoms with Crippen molar-refractivity contribution in [3.05, 3.63) is 95.7 Å². The first-order valence-corrected chi connectivity index (χ1v) is 10.4. The van der Waals surface area contributed by atoms with Crippen molar-refractivity contribution < 1.29 is 22.7 Å². The number of nitrogens with zero attached hydrogens (tertiary/aromatic N) is 2. The predicted molar refractivity (Wildman–Crippen MR) is 126 cm³/mol. The number of alkyl halides is 3. The molecule has 0 aliphatic heterocycles. The first-order valence-electron chi connectivity index (χ1n) is 10.4. The molecule has 0 saturated heterocycles. The Kier molecular flexibility index (Phi) is 6.54. The molecule has 0 saturated carbocycles. The maximum absolute atomic E-state index is 13.8. The molecule has 3 aromatic carbocycles. The smallest absolute Gasteiger partial charge is 0.420 e. The third-order valence-corrected chi connectivity index (χ3v) is 4.93. The number of amides is 1. The van der Waals surface area contributed by atoms with Crippen molar-refractivity contribution >= 4 is 29.0 Å². The highest BCUT2D eigenvalue weighted by molar-refractivity contribution is 5.93. The standard InChI is InChI=1S/C25H20F3N5O2/c1-15-5-2-3-8-20(15)35-21-10-9-18(14-19(21)25(26,27)28)31-22-11-12-30-24(33-22)32-17-7-4-6-16(13-17)23(29)34/h2-14H,1H3,(H2,29,34)(H2,30,31,32,33). The molecule has 178 valence electrons. The van der Waals surface area contributed by atoms with Crippen LogP contribution >= 0.6 is 0 Å². The van der Waals surface area contributed by atoms with Crippen LogP contribution in [0.15, 0.2) is 79.0 Å². The highest BCUT2D eigenvalue weighted by Crippen LogP contribution is 2.40. The zero-order valence-corrected chi connectivity index (χ0v) is 18.4. The van der Waals surface area contributed by atoms with Crippen LogP contribution in [0.1, 0.15) is 21.5 Å². The molecule has 0 fully saturated rings. The number of anilines is 4. The summed E-state index contributed by atoms with van der Waals surface area (Å²) < 4.78 is 46.9. The Morgan fingerprint density at radius 3 is 2.43 bits per heavy atom. The molecule has 4 N–H and O–H groups in total. The van der Waals surface area contributed by atoms with Gasteiger partial charge in [-0.05, 0) is 61.0 Å². The molecule has 0 aliphatic rings. The van der Waals surface area contributed by atoms with Crippen LogP contribution in [0.25, 0.3) is 0 Å². The third-order valence-electron chi connectivity index (χ3n) is 4.93. The summed E-state index contributed by atoms with van der Waals surface area (Å²) in [4.78, 5) is 19.7. The molecular formula is C25H20F3N5O2. The van der Waals surface area contributed by atoms with Gasteiger partial charge in [-0.2, -0.15) is 18.2 Å². The number of aryl methyl sites for hydroxylation is 1. The number of halogens is 3. The fraction of sp³-hybridized carbons (Fsp3) is 0.0800. The van der Waals surface area contributed by atoms with Gasteiger partial charge in [0.1, 0.15) is 22.9 Å². The van der Waals surface area contributed by atoms with Crippen molar-refractivity contribution in [2.75, 3.05) is 10.6 Å². The number of para-hydroxylation sites is 1. The lowest BCUT2D eigenvalue weighted by atomic mass is 10.1. The summed E-state index contributed by atoms with van der Waals surface area (Å²) in [7, 11) is 0. The number of nitrogens with two attached hydrogens (primary N) is 1. The normalized spacial score (nSPS) is 11.1. The summed E-state index contributed by atoms with van der Waals surface area (Å²) in [5.74, 6) is -0.121. The summed E-state index contributed by atoms with van der Waals surface area (Å²) in [5, 5.41) is 5.79. The van der Waals surface area contributed by atoms with E-state index in [2.05, 4.69) is 20.6 Å². The van der Waals surface area contributed by atoms with Gasteiger partial charge in [-0.25, -0.2) is 4.98 Å². The quantitative estimate of drug-likeness (QED) is 0.292. The topological polar surface area (TPSA) is 102 Å². The van der Waals surface area contributed by atoms with Crippen LogP contribution in [-0.4, -0.2) is 15.9 Å². The maximum atomic E-state index is 13.8. The van der Waals surface area contributed by atoms with Crippen LogP contribution in [0.5, 0.6) is 11.5 Å². The van der Waals surface area contributed by atoms with E-state index in [1.54, 1.807) is 49.4 Å². The van der Waals surface area contributed by atoms with Gasteiger partial charge in [-0.3, -0.25) is 4.79 Å². The molecule has 1 aromatic heterocycles. The monoisotopic (exact) mass is 479 g/mol. The van der Waals surface area contributed by atoms with Crippen LogP contribution in [0.3, 0.4) is 0 Å². The Hall–Kier alpha value is -4.60. The zero-order valence-electron chi connectivity index (χ0n) is 18.4. The van der Waals surface area contributed by atoms with Crippen LogP contribution in [-0.2, 0) is 6.18 Å². The number of hydrogen-bond acceptors (Lipinski definition) is 6. The number of nitrogens with one attached hydrogen (secondary N) is 2. The first kappa shape index (κ1) is 23.6. The van der Waals surface area contributed by atoms with Gasteiger partial charge in [0.05, 0.1) is 0 Å². The SMILES string of the molecule is Cc1ccccc1Oc1ccc(Nc2ccnc(Nc3cccc(C(N)=O)c3)n2)cc1C(F)(F)F. The number of carbonyl (C=O) groups is 1. The van der Waals surface area contributed by atoms with Gasteiger partial charge in [0, 0.05) is 23.1 Å². The molecule has 35 heavy (non-hydrogen) atoms. The van der Waals surface area contributed by atoms with Gasteiger partial charge < -0.3 is 21.1 Å². The molecule has 0 spiro atoms. The Labute approximate surface area is 198 Å². The van der Waals surface area contributed by atoms with Crippen molar-refractivity contribution in [3.8, 4) is 11.5 Å². The molecule has 4 aromatic rings. The Bertz CT molecular complexity index is 1380. The highest BCUT2D eigenvalue weighted by atomic mass is 19.4. The van der Waals surface area contributed by atoms with Crippen molar-refractivity contribution in [1.29, 1.82) is 0 Å². The molecular weight excluding hydrogens is 459 g/mol. The molecule has 0 radical (unpaired) electrons. The van der Waals surface area contributed by atoms with Crippen molar-refractivity contribution in [2.45, 2.75) is 13.1 Å². The lowest BCUT2D eigenvalue weighted by Crippen LogP contribution is -2.11. The lowest BCUT2D eigenvalue weighted by Gasteiger charge is -2.17. The minimum Gasteiger partial charge on any atom is -0.456 e. The second kappa shape index (κ2) is 9.72. The van der Waals surface area contributed by atoms with Crippen LogP contribution < -0.4 is 21.1 Å². The van der Waals surface area contributed by atoms with E-state index >= 15 is 0 Å². The van der Waals surface area contributed by atoms with E-state index in [4.69, 9.17) is 10.5 Å². The van der Waals surface area contributed by atoms with Gasteiger partial charge in [-0.1, -0.05) is 24.3 Å². The van der Waals surface area contributed by atoms with Gasteiger partial charge in [0.2, 0.25) is 11.9 Å².